The maximum atomic E-state index is 11.3. The van der Waals surface area contributed by atoms with Crippen LogP contribution in [0.25, 0.3) is 10.8 Å². The highest BCUT2D eigenvalue weighted by Gasteiger charge is 2.46. The van der Waals surface area contributed by atoms with E-state index in [4.69, 9.17) is 10.6 Å². The highest BCUT2D eigenvalue weighted by molar-refractivity contribution is 6.06. The molecule has 1 aliphatic heterocycles. The predicted octanol–water partition coefficient (Wildman–Crippen LogP) is 1.75. The van der Waals surface area contributed by atoms with Gasteiger partial charge in [-0.2, -0.15) is 0 Å². The van der Waals surface area contributed by atoms with Crippen LogP contribution in [0.1, 0.15) is 12.0 Å². The summed E-state index contributed by atoms with van der Waals surface area (Å²) in [5.74, 6) is -1.08. The Labute approximate surface area is 115 Å². The third-order valence-corrected chi connectivity index (χ3v) is 3.59. The molecule has 0 bridgehead atoms. The van der Waals surface area contributed by atoms with Gasteiger partial charge in [0.1, 0.15) is 0 Å². The van der Waals surface area contributed by atoms with Gasteiger partial charge in [0.25, 0.3) is 5.60 Å². The second kappa shape index (κ2) is 4.61. The lowest BCUT2D eigenvalue weighted by Crippen LogP contribution is -2.45. The predicted molar refractivity (Wildman–Crippen MR) is 75.6 cm³/mol. The fourth-order valence-electron chi connectivity index (χ4n) is 2.31. The topological polar surface area (TPSA) is 84.9 Å². The maximum Gasteiger partial charge on any atom is 0.352 e. The van der Waals surface area contributed by atoms with Crippen LogP contribution in [-0.4, -0.2) is 28.9 Å². The summed E-state index contributed by atoms with van der Waals surface area (Å²) in [6.07, 6.45) is 0.178. The zero-order valence-corrected chi connectivity index (χ0v) is 10.7. The van der Waals surface area contributed by atoms with Crippen LogP contribution >= 0.6 is 0 Å². The maximum absolute atomic E-state index is 11.3. The number of hydrogen-bond acceptors (Lipinski definition) is 4. The first-order chi connectivity index (χ1) is 9.64. The minimum atomic E-state index is -1.43. The first-order valence-electron chi connectivity index (χ1n) is 6.32. The van der Waals surface area contributed by atoms with Crippen LogP contribution < -0.4 is 5.73 Å². The molecule has 20 heavy (non-hydrogen) atoms. The van der Waals surface area contributed by atoms with Crippen molar-refractivity contribution in [1.29, 1.82) is 0 Å². The van der Waals surface area contributed by atoms with Gasteiger partial charge in [-0.15, -0.1) is 0 Å². The summed E-state index contributed by atoms with van der Waals surface area (Å²) in [6, 6.07) is 13.8. The number of nitrogens with two attached hydrogens (primary N) is 1. The first-order valence-corrected chi connectivity index (χ1v) is 6.32. The van der Waals surface area contributed by atoms with Crippen molar-refractivity contribution in [2.24, 2.45) is 10.9 Å². The summed E-state index contributed by atoms with van der Waals surface area (Å²) < 4.78 is 0. The van der Waals surface area contributed by atoms with Gasteiger partial charge in [-0.25, -0.2) is 4.79 Å². The number of nitrogens with zero attached hydrogens (tertiary/aromatic N) is 1. The summed E-state index contributed by atoms with van der Waals surface area (Å²) in [6.45, 7) is -0.108. The van der Waals surface area contributed by atoms with E-state index in [1.807, 2.05) is 42.5 Å². The van der Waals surface area contributed by atoms with Crippen LogP contribution in [0.5, 0.6) is 0 Å². The lowest BCUT2D eigenvalue weighted by atomic mass is 9.93. The molecule has 1 aliphatic rings. The lowest BCUT2D eigenvalue weighted by molar-refractivity contribution is -0.161. The van der Waals surface area contributed by atoms with Crippen LogP contribution in [0.15, 0.2) is 47.6 Å². The molecule has 0 fully saturated rings. The number of carbonyl (C=O) groups is 1. The SMILES string of the molecule is NCC1(C(=O)O)CC(c2ccc3ccccc3c2)=NO1. The van der Waals surface area contributed by atoms with Gasteiger partial charge in [0.2, 0.25) is 0 Å². The molecule has 1 atom stereocenters. The molecule has 0 saturated heterocycles. The molecule has 1 unspecified atom stereocenters. The lowest BCUT2D eigenvalue weighted by Gasteiger charge is -2.18. The van der Waals surface area contributed by atoms with Crippen molar-refractivity contribution in [2.75, 3.05) is 6.54 Å². The molecule has 3 N–H and O–H groups in total. The molecule has 5 heteroatoms. The van der Waals surface area contributed by atoms with E-state index < -0.39 is 11.6 Å². The average Bonchev–Trinajstić information content (AvgIpc) is 2.92. The smallest absolute Gasteiger partial charge is 0.352 e. The van der Waals surface area contributed by atoms with Gasteiger partial charge < -0.3 is 15.7 Å². The van der Waals surface area contributed by atoms with E-state index in [0.29, 0.717) is 5.71 Å². The Morgan fingerprint density at radius 2 is 2.05 bits per heavy atom. The minimum absolute atomic E-state index is 0.108. The van der Waals surface area contributed by atoms with Crippen LogP contribution in [0.3, 0.4) is 0 Å². The van der Waals surface area contributed by atoms with E-state index in [0.717, 1.165) is 16.3 Å². The molecule has 5 nitrogen and oxygen atoms in total. The monoisotopic (exact) mass is 270 g/mol. The average molecular weight is 270 g/mol. The van der Waals surface area contributed by atoms with Gasteiger partial charge >= 0.3 is 5.97 Å². The number of carboxylic acid groups (broad SMARTS) is 1. The van der Waals surface area contributed by atoms with E-state index in [1.54, 1.807) is 0 Å². The molecule has 2 aromatic rings. The van der Waals surface area contributed by atoms with Crippen molar-refractivity contribution >= 4 is 22.5 Å². The molecule has 1 heterocycles. The van der Waals surface area contributed by atoms with Gasteiger partial charge in [0, 0.05) is 18.5 Å². The molecule has 0 amide bonds. The highest BCUT2D eigenvalue weighted by atomic mass is 16.7. The zero-order chi connectivity index (χ0) is 14.2. The van der Waals surface area contributed by atoms with Crippen LogP contribution in [0.4, 0.5) is 0 Å². The number of benzene rings is 2. The van der Waals surface area contributed by atoms with Gasteiger partial charge in [-0.1, -0.05) is 41.6 Å². The number of hydrogen-bond donors (Lipinski definition) is 2. The summed E-state index contributed by atoms with van der Waals surface area (Å²) in [4.78, 5) is 16.4. The van der Waals surface area contributed by atoms with Crippen LogP contribution in [-0.2, 0) is 9.63 Å². The normalized spacial score (nSPS) is 21.6. The Balaban J connectivity index is 1.95. The van der Waals surface area contributed by atoms with Gasteiger partial charge in [-0.3, -0.25) is 0 Å². The van der Waals surface area contributed by atoms with Crippen LogP contribution in [0.2, 0.25) is 0 Å². The summed E-state index contributed by atoms with van der Waals surface area (Å²) in [5.41, 5.74) is 5.57. The van der Waals surface area contributed by atoms with Crippen molar-refractivity contribution in [2.45, 2.75) is 12.0 Å². The molecule has 0 spiro atoms. The third kappa shape index (κ3) is 1.92. The molecule has 2 aromatic carbocycles. The van der Waals surface area contributed by atoms with Crippen molar-refractivity contribution in [1.82, 2.24) is 0 Å². The first kappa shape index (κ1) is 12.6. The van der Waals surface area contributed by atoms with Gasteiger partial charge in [-0.05, 0) is 16.8 Å². The number of fused-ring (bicyclic) bond motifs is 1. The molecule has 3 rings (SSSR count). The summed E-state index contributed by atoms with van der Waals surface area (Å²) in [7, 11) is 0. The highest BCUT2D eigenvalue weighted by Crippen LogP contribution is 2.27. The zero-order valence-electron chi connectivity index (χ0n) is 10.7. The molecule has 0 saturated carbocycles. The Morgan fingerprint density at radius 1 is 1.30 bits per heavy atom. The quantitative estimate of drug-likeness (QED) is 0.889. The van der Waals surface area contributed by atoms with E-state index in [-0.39, 0.29) is 13.0 Å². The molecular formula is C15H14N2O3. The second-order valence-corrected chi connectivity index (χ2v) is 4.87. The van der Waals surface area contributed by atoms with E-state index in [2.05, 4.69) is 5.16 Å². The Hall–Kier alpha value is -2.40. The molecular weight excluding hydrogens is 256 g/mol. The summed E-state index contributed by atoms with van der Waals surface area (Å²) in [5, 5.41) is 15.3. The van der Waals surface area contributed by atoms with Gasteiger partial charge in [0.05, 0.1) is 5.71 Å². The van der Waals surface area contributed by atoms with Crippen molar-refractivity contribution < 1.29 is 14.7 Å². The third-order valence-electron chi connectivity index (χ3n) is 3.59. The number of carboxylic acids is 1. The summed E-state index contributed by atoms with van der Waals surface area (Å²) >= 11 is 0. The van der Waals surface area contributed by atoms with E-state index in [9.17, 15) is 9.90 Å². The largest absolute Gasteiger partial charge is 0.478 e. The number of rotatable bonds is 3. The fourth-order valence-corrected chi connectivity index (χ4v) is 2.31. The van der Waals surface area contributed by atoms with Crippen molar-refractivity contribution in [3.8, 4) is 0 Å². The Morgan fingerprint density at radius 3 is 2.70 bits per heavy atom. The van der Waals surface area contributed by atoms with E-state index in [1.165, 1.54) is 0 Å². The van der Waals surface area contributed by atoms with Crippen molar-refractivity contribution in [3.05, 3.63) is 48.0 Å². The Kier molecular flexibility index (Phi) is 2.91. The van der Waals surface area contributed by atoms with E-state index >= 15 is 0 Å². The number of oxime groups is 1. The molecule has 0 radical (unpaired) electrons. The number of aliphatic carboxylic acids is 1. The molecule has 0 aromatic heterocycles. The second-order valence-electron chi connectivity index (χ2n) is 4.87. The standard InChI is InChI=1S/C15H14N2O3/c16-9-15(14(18)19)8-13(17-20-15)12-6-5-10-3-1-2-4-11(10)7-12/h1-7H,8-9,16H2,(H,18,19). The fraction of sp³-hybridized carbons (Fsp3) is 0.200. The Bertz CT molecular complexity index is 711. The van der Waals surface area contributed by atoms with Crippen molar-refractivity contribution in [3.63, 3.8) is 0 Å². The molecule has 0 aliphatic carbocycles. The van der Waals surface area contributed by atoms with Crippen LogP contribution in [0, 0.1) is 0 Å². The minimum Gasteiger partial charge on any atom is -0.478 e. The molecule has 102 valence electrons. The van der Waals surface area contributed by atoms with Gasteiger partial charge in [0.15, 0.2) is 0 Å².